The van der Waals surface area contributed by atoms with Crippen LogP contribution < -0.4 is 19.6 Å². The van der Waals surface area contributed by atoms with Crippen LogP contribution in [-0.4, -0.2) is 36.9 Å². The van der Waals surface area contributed by atoms with Crippen molar-refractivity contribution in [1.82, 2.24) is 5.43 Å². The second-order valence-electron chi connectivity index (χ2n) is 6.48. The molecule has 0 heterocycles. The predicted octanol–water partition coefficient (Wildman–Crippen LogP) is 3.78. The van der Waals surface area contributed by atoms with E-state index in [1.54, 1.807) is 61.5 Å². The molecule has 32 heavy (non-hydrogen) atoms. The maximum Gasteiger partial charge on any atom is 0.343 e. The second-order valence-corrected chi connectivity index (χ2v) is 6.48. The molecule has 0 spiro atoms. The Bertz CT molecular complexity index is 1140. The van der Waals surface area contributed by atoms with Gasteiger partial charge in [-0.2, -0.15) is 5.10 Å². The fourth-order valence-electron chi connectivity index (χ4n) is 2.76. The summed E-state index contributed by atoms with van der Waals surface area (Å²) < 4.78 is 16.2. The summed E-state index contributed by atoms with van der Waals surface area (Å²) in [5.74, 6) is -0.104. The van der Waals surface area contributed by atoms with Gasteiger partial charge in [0.1, 0.15) is 11.5 Å². The first kappa shape index (κ1) is 22.4. The van der Waals surface area contributed by atoms with Crippen LogP contribution in [0, 0.1) is 0 Å². The Hall–Kier alpha value is -4.33. The Balaban J connectivity index is 1.72. The zero-order valence-corrected chi connectivity index (χ0v) is 17.6. The molecule has 0 aliphatic heterocycles. The van der Waals surface area contributed by atoms with E-state index in [0.29, 0.717) is 29.2 Å². The minimum atomic E-state index is -0.554. The van der Waals surface area contributed by atoms with Gasteiger partial charge in [0.2, 0.25) is 0 Å². The van der Waals surface area contributed by atoms with E-state index < -0.39 is 11.9 Å². The van der Waals surface area contributed by atoms with E-state index in [-0.39, 0.29) is 17.1 Å². The largest absolute Gasteiger partial charge is 0.507 e. The van der Waals surface area contributed by atoms with Crippen LogP contribution in [0.3, 0.4) is 0 Å². The molecular weight excluding hydrogens is 412 g/mol. The van der Waals surface area contributed by atoms with Gasteiger partial charge >= 0.3 is 5.97 Å². The number of nitrogens with zero attached hydrogens (tertiary/aromatic N) is 1. The number of hydrogen-bond donors (Lipinski definition) is 2. The fraction of sp³-hybridized carbons (Fsp3) is 0.125. The van der Waals surface area contributed by atoms with E-state index in [2.05, 4.69) is 10.5 Å². The Morgan fingerprint density at radius 3 is 2.59 bits per heavy atom. The van der Waals surface area contributed by atoms with Crippen LogP contribution in [-0.2, 0) is 0 Å². The van der Waals surface area contributed by atoms with Gasteiger partial charge in [0.05, 0.1) is 31.1 Å². The number of hydrazone groups is 1. The number of para-hydroxylation sites is 1. The van der Waals surface area contributed by atoms with Crippen molar-refractivity contribution in [2.24, 2.45) is 5.10 Å². The maximum atomic E-state index is 12.5. The summed E-state index contributed by atoms with van der Waals surface area (Å²) in [4.78, 5) is 24.6. The summed E-state index contributed by atoms with van der Waals surface area (Å²) in [7, 11) is 1.52. The highest BCUT2D eigenvalue weighted by Gasteiger charge is 2.14. The number of nitrogens with one attached hydrogen (secondary N) is 1. The first-order chi connectivity index (χ1) is 15.5. The van der Waals surface area contributed by atoms with Crippen molar-refractivity contribution < 1.29 is 28.9 Å². The summed E-state index contributed by atoms with van der Waals surface area (Å²) >= 11 is 0. The highest BCUT2D eigenvalue weighted by atomic mass is 16.6. The molecule has 0 radical (unpaired) electrons. The van der Waals surface area contributed by atoms with E-state index in [1.807, 2.05) is 0 Å². The van der Waals surface area contributed by atoms with Gasteiger partial charge < -0.3 is 19.3 Å². The molecule has 0 unspecified atom stereocenters. The van der Waals surface area contributed by atoms with Crippen molar-refractivity contribution in [2.45, 2.75) is 6.92 Å². The average Bonchev–Trinajstić information content (AvgIpc) is 2.81. The summed E-state index contributed by atoms with van der Waals surface area (Å²) in [6, 6.07) is 17.7. The van der Waals surface area contributed by atoms with Crippen LogP contribution in [0.4, 0.5) is 0 Å². The van der Waals surface area contributed by atoms with Gasteiger partial charge in [0, 0.05) is 0 Å². The van der Waals surface area contributed by atoms with Crippen molar-refractivity contribution >= 4 is 18.1 Å². The third-order valence-electron chi connectivity index (χ3n) is 4.30. The summed E-state index contributed by atoms with van der Waals surface area (Å²) in [5.41, 5.74) is 3.40. The number of aromatic hydroxyl groups is 1. The topological polar surface area (TPSA) is 106 Å². The molecule has 0 bridgehead atoms. The Kier molecular flexibility index (Phi) is 7.42. The zero-order chi connectivity index (χ0) is 22.9. The Morgan fingerprint density at radius 2 is 1.84 bits per heavy atom. The molecule has 0 saturated heterocycles. The average molecular weight is 434 g/mol. The number of phenols is 1. The number of phenolic OH excluding ortho intramolecular Hbond substituents is 1. The molecule has 0 aromatic heterocycles. The first-order valence-corrected chi connectivity index (χ1v) is 9.76. The van der Waals surface area contributed by atoms with Crippen molar-refractivity contribution in [3.8, 4) is 23.0 Å². The Labute approximate surface area is 185 Å². The van der Waals surface area contributed by atoms with E-state index in [1.165, 1.54) is 25.5 Å². The summed E-state index contributed by atoms with van der Waals surface area (Å²) in [5, 5.41) is 13.6. The second kappa shape index (κ2) is 10.6. The predicted molar refractivity (Wildman–Crippen MR) is 119 cm³/mol. The molecule has 0 aliphatic rings. The van der Waals surface area contributed by atoms with Crippen molar-refractivity contribution in [2.75, 3.05) is 13.7 Å². The number of methoxy groups -OCH3 is 1. The van der Waals surface area contributed by atoms with E-state index >= 15 is 0 Å². The van der Waals surface area contributed by atoms with Crippen LogP contribution in [0.1, 0.15) is 33.2 Å². The smallest absolute Gasteiger partial charge is 0.343 e. The molecule has 0 saturated carbocycles. The fourth-order valence-corrected chi connectivity index (χ4v) is 2.76. The molecule has 8 nitrogen and oxygen atoms in total. The number of benzene rings is 3. The number of amides is 1. The Morgan fingerprint density at radius 1 is 1.03 bits per heavy atom. The minimum Gasteiger partial charge on any atom is -0.507 e. The number of rotatable bonds is 8. The monoisotopic (exact) mass is 434 g/mol. The molecular formula is C24H22N2O6. The zero-order valence-electron chi connectivity index (χ0n) is 17.6. The lowest BCUT2D eigenvalue weighted by atomic mass is 10.2. The van der Waals surface area contributed by atoms with Crippen molar-refractivity contribution in [3.63, 3.8) is 0 Å². The number of hydrogen-bond acceptors (Lipinski definition) is 7. The highest BCUT2D eigenvalue weighted by Crippen LogP contribution is 2.29. The highest BCUT2D eigenvalue weighted by molar-refractivity contribution is 5.97. The minimum absolute atomic E-state index is 0.111. The number of ether oxygens (including phenoxy) is 3. The molecule has 164 valence electrons. The lowest BCUT2D eigenvalue weighted by Crippen LogP contribution is -2.17. The molecule has 1 amide bonds. The number of carbonyl (C=O) groups is 2. The van der Waals surface area contributed by atoms with Crippen molar-refractivity contribution in [1.29, 1.82) is 0 Å². The van der Waals surface area contributed by atoms with Crippen LogP contribution in [0.2, 0.25) is 0 Å². The summed E-state index contributed by atoms with van der Waals surface area (Å²) in [6.45, 7) is 2.16. The molecule has 0 aliphatic carbocycles. The van der Waals surface area contributed by atoms with E-state index in [0.717, 1.165) is 0 Å². The van der Waals surface area contributed by atoms with E-state index in [9.17, 15) is 14.7 Å². The standard InChI is InChI=1S/C24H22N2O6/c1-3-31-22-13-16(15-25-26-23(28)19-9-4-5-10-20(19)27)11-12-21(22)32-24(29)17-7-6-8-18(14-17)30-2/h4-15,27H,3H2,1-2H3,(H,26,28)/b25-15+. The SMILES string of the molecule is CCOc1cc(/C=N/NC(=O)c2ccccc2O)ccc1OC(=O)c1cccc(OC)c1. The van der Waals surface area contributed by atoms with E-state index in [4.69, 9.17) is 14.2 Å². The third kappa shape index (κ3) is 5.63. The number of esters is 1. The molecule has 0 atom stereocenters. The number of carbonyl (C=O) groups excluding carboxylic acids is 2. The first-order valence-electron chi connectivity index (χ1n) is 9.76. The van der Waals surface area contributed by atoms with Gasteiger partial charge in [-0.05, 0) is 61.0 Å². The molecule has 0 fully saturated rings. The van der Waals surface area contributed by atoms with Gasteiger partial charge in [-0.15, -0.1) is 0 Å². The van der Waals surface area contributed by atoms with Crippen LogP contribution in [0.15, 0.2) is 71.8 Å². The third-order valence-corrected chi connectivity index (χ3v) is 4.30. The van der Waals surface area contributed by atoms with Gasteiger partial charge in [-0.3, -0.25) is 4.79 Å². The van der Waals surface area contributed by atoms with Crippen molar-refractivity contribution in [3.05, 3.63) is 83.4 Å². The van der Waals surface area contributed by atoms with Gasteiger partial charge in [0.15, 0.2) is 11.5 Å². The molecule has 8 heteroatoms. The summed E-state index contributed by atoms with van der Waals surface area (Å²) in [6.07, 6.45) is 1.41. The van der Waals surface area contributed by atoms with Crippen LogP contribution >= 0.6 is 0 Å². The van der Waals surface area contributed by atoms with Crippen LogP contribution in [0.5, 0.6) is 23.0 Å². The normalized spacial score (nSPS) is 10.6. The quantitative estimate of drug-likeness (QED) is 0.242. The van der Waals surface area contributed by atoms with Gasteiger partial charge in [-0.1, -0.05) is 18.2 Å². The lowest BCUT2D eigenvalue weighted by molar-refractivity contribution is 0.0727. The lowest BCUT2D eigenvalue weighted by Gasteiger charge is -2.11. The molecule has 2 N–H and O–H groups in total. The van der Waals surface area contributed by atoms with Crippen LogP contribution in [0.25, 0.3) is 0 Å². The molecule has 3 rings (SSSR count). The van der Waals surface area contributed by atoms with Gasteiger partial charge in [-0.25, -0.2) is 10.2 Å². The molecule has 3 aromatic rings. The molecule has 3 aromatic carbocycles. The van der Waals surface area contributed by atoms with Gasteiger partial charge in [0.25, 0.3) is 5.91 Å². The maximum absolute atomic E-state index is 12.5.